The first-order valence-corrected chi connectivity index (χ1v) is 6.47. The van der Waals surface area contributed by atoms with Crippen LogP contribution in [0, 0.1) is 5.82 Å². The molecule has 0 fully saturated rings. The Morgan fingerprint density at radius 1 is 1.40 bits per heavy atom. The minimum Gasteiger partial charge on any atom is -0.397 e. The Bertz CT molecular complexity index is 619. The highest BCUT2D eigenvalue weighted by Crippen LogP contribution is 2.16. The van der Waals surface area contributed by atoms with Crippen LogP contribution in [0.5, 0.6) is 0 Å². The van der Waals surface area contributed by atoms with Crippen molar-refractivity contribution in [3.63, 3.8) is 0 Å². The van der Waals surface area contributed by atoms with E-state index in [0.717, 1.165) is 0 Å². The summed E-state index contributed by atoms with van der Waals surface area (Å²) in [6.07, 6.45) is 1.74. The number of nitrogens with two attached hydrogens (primary N) is 1. The minimum absolute atomic E-state index is 0.141. The average molecular weight is 275 g/mol. The van der Waals surface area contributed by atoms with Gasteiger partial charge in [-0.2, -0.15) is 0 Å². The van der Waals surface area contributed by atoms with Crippen LogP contribution in [0.3, 0.4) is 0 Å². The van der Waals surface area contributed by atoms with Crippen molar-refractivity contribution in [1.82, 2.24) is 9.88 Å². The van der Waals surface area contributed by atoms with Gasteiger partial charge in [-0.05, 0) is 37.6 Å². The van der Waals surface area contributed by atoms with Gasteiger partial charge in [-0.1, -0.05) is 12.1 Å². The lowest BCUT2D eigenvalue weighted by Crippen LogP contribution is -2.25. The SMILES string of the molecule is CC(C)n1cc(N)cc1C(=O)NCc1cccc(F)c1. The molecule has 0 radical (unpaired) electrons. The lowest BCUT2D eigenvalue weighted by Gasteiger charge is -2.12. The number of aromatic nitrogens is 1. The van der Waals surface area contributed by atoms with Gasteiger partial charge in [0.05, 0.1) is 5.69 Å². The molecule has 4 nitrogen and oxygen atoms in total. The maximum atomic E-state index is 13.1. The Balaban J connectivity index is 2.09. The number of halogens is 1. The Labute approximate surface area is 117 Å². The van der Waals surface area contributed by atoms with Crippen LogP contribution in [0.4, 0.5) is 10.1 Å². The Hall–Kier alpha value is -2.30. The molecule has 0 spiro atoms. The zero-order chi connectivity index (χ0) is 14.7. The summed E-state index contributed by atoms with van der Waals surface area (Å²) in [5.41, 5.74) is 7.51. The van der Waals surface area contributed by atoms with Crippen LogP contribution < -0.4 is 11.1 Å². The summed E-state index contributed by atoms with van der Waals surface area (Å²) in [6.45, 7) is 4.23. The Kier molecular flexibility index (Phi) is 4.08. The minimum atomic E-state index is -0.313. The maximum absolute atomic E-state index is 13.1. The van der Waals surface area contributed by atoms with Crippen LogP contribution in [0.2, 0.25) is 0 Å². The van der Waals surface area contributed by atoms with E-state index in [1.54, 1.807) is 24.4 Å². The second kappa shape index (κ2) is 5.77. The largest absolute Gasteiger partial charge is 0.397 e. The fourth-order valence-electron chi connectivity index (χ4n) is 2.03. The average Bonchev–Trinajstić information content (AvgIpc) is 2.78. The van der Waals surface area contributed by atoms with Crippen LogP contribution in [-0.2, 0) is 6.54 Å². The maximum Gasteiger partial charge on any atom is 0.268 e. The van der Waals surface area contributed by atoms with Gasteiger partial charge in [-0.25, -0.2) is 4.39 Å². The molecule has 0 aliphatic rings. The van der Waals surface area contributed by atoms with Gasteiger partial charge in [0, 0.05) is 18.8 Å². The highest BCUT2D eigenvalue weighted by Gasteiger charge is 2.14. The molecule has 1 amide bonds. The van der Waals surface area contributed by atoms with Crippen LogP contribution >= 0.6 is 0 Å². The monoisotopic (exact) mass is 275 g/mol. The summed E-state index contributed by atoms with van der Waals surface area (Å²) in [5, 5.41) is 2.77. The molecule has 1 aromatic carbocycles. The van der Waals surface area contributed by atoms with Gasteiger partial charge in [0.15, 0.2) is 0 Å². The molecular formula is C15H18FN3O. The molecule has 1 aromatic heterocycles. The van der Waals surface area contributed by atoms with Gasteiger partial charge in [0.2, 0.25) is 0 Å². The molecule has 3 N–H and O–H groups in total. The van der Waals surface area contributed by atoms with Crippen LogP contribution in [0.1, 0.15) is 35.9 Å². The molecule has 2 aromatic rings. The number of carbonyl (C=O) groups excluding carboxylic acids is 1. The third-order valence-corrected chi connectivity index (χ3v) is 3.00. The van der Waals surface area contributed by atoms with E-state index in [4.69, 9.17) is 5.73 Å². The summed E-state index contributed by atoms with van der Waals surface area (Å²) in [5.74, 6) is -0.536. The normalized spacial score (nSPS) is 10.8. The molecule has 106 valence electrons. The van der Waals surface area contributed by atoms with Gasteiger partial charge < -0.3 is 15.6 Å². The highest BCUT2D eigenvalue weighted by atomic mass is 19.1. The predicted molar refractivity (Wildman–Crippen MR) is 76.8 cm³/mol. The van der Waals surface area contributed by atoms with Gasteiger partial charge in [0.25, 0.3) is 5.91 Å². The van der Waals surface area contributed by atoms with E-state index in [0.29, 0.717) is 16.9 Å². The van der Waals surface area contributed by atoms with Gasteiger partial charge in [-0.15, -0.1) is 0 Å². The molecule has 0 saturated heterocycles. The first kappa shape index (κ1) is 14.1. The van der Waals surface area contributed by atoms with E-state index in [1.807, 2.05) is 18.4 Å². The quantitative estimate of drug-likeness (QED) is 0.901. The van der Waals surface area contributed by atoms with E-state index in [2.05, 4.69) is 5.32 Å². The molecule has 20 heavy (non-hydrogen) atoms. The molecule has 0 aliphatic carbocycles. The summed E-state index contributed by atoms with van der Waals surface area (Å²) in [7, 11) is 0. The molecule has 2 rings (SSSR count). The number of amides is 1. The van der Waals surface area contributed by atoms with Crippen LogP contribution in [-0.4, -0.2) is 10.5 Å². The van der Waals surface area contributed by atoms with Crippen molar-refractivity contribution >= 4 is 11.6 Å². The number of benzene rings is 1. The Morgan fingerprint density at radius 3 is 2.80 bits per heavy atom. The number of carbonyl (C=O) groups is 1. The summed E-state index contributed by atoms with van der Waals surface area (Å²) >= 11 is 0. The number of nitrogens with zero attached hydrogens (tertiary/aromatic N) is 1. The van der Waals surface area contributed by atoms with Gasteiger partial charge >= 0.3 is 0 Å². The second-order valence-corrected chi connectivity index (χ2v) is 4.97. The summed E-state index contributed by atoms with van der Waals surface area (Å²) < 4.78 is 14.9. The molecule has 0 aliphatic heterocycles. The molecular weight excluding hydrogens is 257 g/mol. The van der Waals surface area contributed by atoms with E-state index in [9.17, 15) is 9.18 Å². The first-order valence-electron chi connectivity index (χ1n) is 6.47. The zero-order valence-electron chi connectivity index (χ0n) is 11.6. The molecule has 1 heterocycles. The van der Waals surface area contributed by atoms with Gasteiger partial charge in [-0.3, -0.25) is 4.79 Å². The number of hydrogen-bond acceptors (Lipinski definition) is 2. The van der Waals surface area contributed by atoms with E-state index >= 15 is 0 Å². The second-order valence-electron chi connectivity index (χ2n) is 4.97. The zero-order valence-corrected chi connectivity index (χ0v) is 11.6. The number of hydrogen-bond donors (Lipinski definition) is 2. The molecule has 0 atom stereocenters. The van der Waals surface area contributed by atoms with E-state index < -0.39 is 0 Å². The number of rotatable bonds is 4. The van der Waals surface area contributed by atoms with Crippen molar-refractivity contribution in [3.8, 4) is 0 Å². The van der Waals surface area contributed by atoms with Crippen molar-refractivity contribution in [2.24, 2.45) is 0 Å². The standard InChI is InChI=1S/C15H18FN3O/c1-10(2)19-9-13(17)7-14(19)15(20)18-8-11-4-3-5-12(16)6-11/h3-7,9-10H,8,17H2,1-2H3,(H,18,20). The number of nitrogen functional groups attached to an aromatic ring is 1. The molecule has 0 unspecified atom stereocenters. The lowest BCUT2D eigenvalue weighted by molar-refractivity contribution is 0.0940. The third kappa shape index (κ3) is 3.17. The van der Waals surface area contributed by atoms with Crippen LogP contribution in [0.15, 0.2) is 36.5 Å². The summed E-state index contributed by atoms with van der Waals surface area (Å²) in [4.78, 5) is 12.2. The van der Waals surface area contributed by atoms with E-state index in [1.165, 1.54) is 12.1 Å². The molecule has 0 saturated carbocycles. The Morgan fingerprint density at radius 2 is 2.15 bits per heavy atom. The lowest BCUT2D eigenvalue weighted by atomic mass is 10.2. The van der Waals surface area contributed by atoms with E-state index in [-0.39, 0.29) is 24.3 Å². The third-order valence-electron chi connectivity index (χ3n) is 3.00. The first-order chi connectivity index (χ1) is 9.47. The molecule has 0 bridgehead atoms. The van der Waals surface area contributed by atoms with Crippen LogP contribution in [0.25, 0.3) is 0 Å². The fraction of sp³-hybridized carbons (Fsp3) is 0.267. The molecule has 5 heteroatoms. The highest BCUT2D eigenvalue weighted by molar-refractivity contribution is 5.93. The smallest absolute Gasteiger partial charge is 0.268 e. The van der Waals surface area contributed by atoms with Gasteiger partial charge in [0.1, 0.15) is 11.5 Å². The number of anilines is 1. The topological polar surface area (TPSA) is 60.0 Å². The summed E-state index contributed by atoms with van der Waals surface area (Å²) in [6, 6.07) is 7.93. The van der Waals surface area contributed by atoms with Crippen molar-refractivity contribution in [3.05, 3.63) is 53.6 Å². The number of nitrogens with one attached hydrogen (secondary N) is 1. The fourth-order valence-corrected chi connectivity index (χ4v) is 2.03. The predicted octanol–water partition coefficient (Wildman–Crippen LogP) is 2.72. The van der Waals surface area contributed by atoms with Crippen molar-refractivity contribution in [2.45, 2.75) is 26.4 Å². The van der Waals surface area contributed by atoms with Crippen molar-refractivity contribution in [1.29, 1.82) is 0 Å². The van der Waals surface area contributed by atoms with Crippen molar-refractivity contribution < 1.29 is 9.18 Å². The van der Waals surface area contributed by atoms with Crippen molar-refractivity contribution in [2.75, 3.05) is 5.73 Å².